The van der Waals surface area contributed by atoms with E-state index >= 15 is 0 Å². The van der Waals surface area contributed by atoms with Gasteiger partial charge in [-0.05, 0) is 33.2 Å². The van der Waals surface area contributed by atoms with Gasteiger partial charge in [-0.25, -0.2) is 0 Å². The molecule has 0 spiro atoms. The smallest absolute Gasteiger partial charge is 0.310 e. The molecule has 0 aromatic heterocycles. The van der Waals surface area contributed by atoms with Gasteiger partial charge in [0.05, 0.1) is 19.1 Å². The second-order valence-electron chi connectivity index (χ2n) is 4.28. The van der Waals surface area contributed by atoms with Crippen molar-refractivity contribution in [2.75, 3.05) is 32.8 Å². The Morgan fingerprint density at radius 2 is 2.18 bits per heavy atom. The lowest BCUT2D eigenvalue weighted by Crippen LogP contribution is -2.44. The first-order valence-electron chi connectivity index (χ1n) is 6.33. The van der Waals surface area contributed by atoms with E-state index < -0.39 is 0 Å². The summed E-state index contributed by atoms with van der Waals surface area (Å²) in [6, 6.07) is 0. The number of hydrogen-bond acceptors (Lipinski definition) is 4. The van der Waals surface area contributed by atoms with Gasteiger partial charge >= 0.3 is 5.97 Å². The molecule has 1 saturated heterocycles. The van der Waals surface area contributed by atoms with Crippen molar-refractivity contribution in [2.24, 2.45) is 5.92 Å². The molecule has 5 nitrogen and oxygen atoms in total. The Bertz CT molecular complexity index is 268. The second-order valence-corrected chi connectivity index (χ2v) is 4.28. The third-order valence-electron chi connectivity index (χ3n) is 2.87. The predicted octanol–water partition coefficient (Wildman–Crippen LogP) is 0.398. The van der Waals surface area contributed by atoms with Crippen molar-refractivity contribution in [2.45, 2.75) is 26.7 Å². The molecule has 1 amide bonds. The molecule has 5 heteroatoms. The van der Waals surface area contributed by atoms with Gasteiger partial charge in [-0.1, -0.05) is 0 Å². The largest absolute Gasteiger partial charge is 0.466 e. The lowest BCUT2D eigenvalue weighted by atomic mass is 9.98. The zero-order chi connectivity index (χ0) is 12.7. The number of likely N-dealkylation sites (tertiary alicyclic amines) is 1. The Balaban J connectivity index is 2.38. The van der Waals surface area contributed by atoms with E-state index in [4.69, 9.17) is 4.74 Å². The highest BCUT2D eigenvalue weighted by Gasteiger charge is 2.27. The van der Waals surface area contributed by atoms with Gasteiger partial charge in [0.15, 0.2) is 0 Å². The van der Waals surface area contributed by atoms with Crippen LogP contribution >= 0.6 is 0 Å². The molecule has 0 unspecified atom stereocenters. The lowest BCUT2D eigenvalue weighted by Gasteiger charge is -2.30. The first-order chi connectivity index (χ1) is 8.17. The predicted molar refractivity (Wildman–Crippen MR) is 64.5 cm³/mol. The van der Waals surface area contributed by atoms with Crippen LogP contribution in [0.5, 0.6) is 0 Å². The average molecular weight is 242 g/mol. The summed E-state index contributed by atoms with van der Waals surface area (Å²) in [6.45, 7) is 6.68. The Labute approximate surface area is 102 Å². The SMILES string of the molecule is CCNC(=O)CN1CCC[C@H](C(=O)OCC)C1. The maximum absolute atomic E-state index is 11.6. The van der Waals surface area contributed by atoms with Crippen LogP contribution in [0.4, 0.5) is 0 Å². The summed E-state index contributed by atoms with van der Waals surface area (Å²) in [5, 5.41) is 2.77. The number of ether oxygens (including phenoxy) is 1. The van der Waals surface area contributed by atoms with Crippen molar-refractivity contribution < 1.29 is 14.3 Å². The molecule has 98 valence electrons. The van der Waals surface area contributed by atoms with E-state index in [0.717, 1.165) is 19.4 Å². The number of carbonyl (C=O) groups excluding carboxylic acids is 2. The molecule has 0 bridgehead atoms. The molecule has 1 rings (SSSR count). The van der Waals surface area contributed by atoms with Crippen LogP contribution in [0.3, 0.4) is 0 Å². The number of carbonyl (C=O) groups is 2. The Morgan fingerprint density at radius 1 is 1.41 bits per heavy atom. The van der Waals surface area contributed by atoms with Crippen LogP contribution in [-0.4, -0.2) is 49.6 Å². The van der Waals surface area contributed by atoms with Gasteiger partial charge in [-0.3, -0.25) is 14.5 Å². The molecule has 0 aromatic rings. The first-order valence-corrected chi connectivity index (χ1v) is 6.33. The summed E-state index contributed by atoms with van der Waals surface area (Å²) < 4.78 is 5.02. The van der Waals surface area contributed by atoms with Crippen LogP contribution < -0.4 is 5.32 Å². The van der Waals surface area contributed by atoms with Gasteiger partial charge in [-0.2, -0.15) is 0 Å². The van der Waals surface area contributed by atoms with Crippen molar-refractivity contribution >= 4 is 11.9 Å². The van der Waals surface area contributed by atoms with Crippen molar-refractivity contribution in [1.29, 1.82) is 0 Å². The summed E-state index contributed by atoms with van der Waals surface area (Å²) in [4.78, 5) is 25.1. The zero-order valence-corrected chi connectivity index (χ0v) is 10.7. The summed E-state index contributed by atoms with van der Waals surface area (Å²) in [5.74, 6) is -0.178. The molecular formula is C12H22N2O3. The fraction of sp³-hybridized carbons (Fsp3) is 0.833. The maximum Gasteiger partial charge on any atom is 0.310 e. The van der Waals surface area contributed by atoms with Gasteiger partial charge in [-0.15, -0.1) is 0 Å². The lowest BCUT2D eigenvalue weighted by molar-refractivity contribution is -0.150. The van der Waals surface area contributed by atoms with Crippen LogP contribution in [-0.2, 0) is 14.3 Å². The number of piperidine rings is 1. The van der Waals surface area contributed by atoms with Crippen LogP contribution in [0.25, 0.3) is 0 Å². The minimum atomic E-state index is -0.131. The highest BCUT2D eigenvalue weighted by Crippen LogP contribution is 2.17. The van der Waals surface area contributed by atoms with Gasteiger partial charge < -0.3 is 10.1 Å². The third-order valence-corrected chi connectivity index (χ3v) is 2.87. The molecule has 1 aliphatic heterocycles. The fourth-order valence-electron chi connectivity index (χ4n) is 2.11. The molecule has 0 aliphatic carbocycles. The Hall–Kier alpha value is -1.10. The van der Waals surface area contributed by atoms with Crippen molar-refractivity contribution in [1.82, 2.24) is 10.2 Å². The topological polar surface area (TPSA) is 58.6 Å². The number of nitrogens with one attached hydrogen (secondary N) is 1. The van der Waals surface area contributed by atoms with Crippen LogP contribution in [0.15, 0.2) is 0 Å². The molecule has 1 aliphatic rings. The number of likely N-dealkylation sites (N-methyl/N-ethyl adjacent to an activating group) is 1. The molecule has 0 aromatic carbocycles. The summed E-state index contributed by atoms with van der Waals surface area (Å²) in [6.07, 6.45) is 1.81. The van der Waals surface area contributed by atoms with Gasteiger partial charge in [0.25, 0.3) is 0 Å². The number of amides is 1. The molecule has 1 heterocycles. The normalized spacial score (nSPS) is 20.9. The zero-order valence-electron chi connectivity index (χ0n) is 10.7. The maximum atomic E-state index is 11.6. The van der Waals surface area contributed by atoms with Crippen molar-refractivity contribution in [3.63, 3.8) is 0 Å². The number of esters is 1. The van der Waals surface area contributed by atoms with Crippen LogP contribution in [0.2, 0.25) is 0 Å². The fourth-order valence-corrected chi connectivity index (χ4v) is 2.11. The van der Waals surface area contributed by atoms with Crippen molar-refractivity contribution in [3.8, 4) is 0 Å². The van der Waals surface area contributed by atoms with Gasteiger partial charge in [0, 0.05) is 13.1 Å². The van der Waals surface area contributed by atoms with E-state index in [9.17, 15) is 9.59 Å². The summed E-state index contributed by atoms with van der Waals surface area (Å²) in [7, 11) is 0. The number of rotatable bonds is 5. The van der Waals surface area contributed by atoms with Gasteiger partial charge in [0.1, 0.15) is 0 Å². The second kappa shape index (κ2) is 7.27. The summed E-state index contributed by atoms with van der Waals surface area (Å²) in [5.41, 5.74) is 0. The highest BCUT2D eigenvalue weighted by molar-refractivity contribution is 5.78. The molecular weight excluding hydrogens is 220 g/mol. The average Bonchev–Trinajstić information content (AvgIpc) is 2.30. The minimum Gasteiger partial charge on any atom is -0.466 e. The molecule has 1 fully saturated rings. The van der Waals surface area contributed by atoms with E-state index in [1.165, 1.54) is 0 Å². The molecule has 17 heavy (non-hydrogen) atoms. The Morgan fingerprint density at radius 3 is 2.82 bits per heavy atom. The molecule has 1 N–H and O–H groups in total. The molecule has 0 saturated carbocycles. The Kier molecular flexibility index (Phi) is 5.97. The van der Waals surface area contributed by atoms with Crippen LogP contribution in [0, 0.1) is 5.92 Å². The van der Waals surface area contributed by atoms with E-state index in [-0.39, 0.29) is 17.8 Å². The van der Waals surface area contributed by atoms with Gasteiger partial charge in [0.2, 0.25) is 5.91 Å². The molecule has 1 atom stereocenters. The number of nitrogens with zero attached hydrogens (tertiary/aromatic N) is 1. The van der Waals surface area contributed by atoms with Crippen LogP contribution in [0.1, 0.15) is 26.7 Å². The monoisotopic (exact) mass is 242 g/mol. The van der Waals surface area contributed by atoms with Crippen molar-refractivity contribution in [3.05, 3.63) is 0 Å². The quantitative estimate of drug-likeness (QED) is 0.709. The van der Waals surface area contributed by atoms with E-state index in [2.05, 4.69) is 5.32 Å². The van der Waals surface area contributed by atoms with E-state index in [1.807, 2.05) is 18.7 Å². The number of hydrogen-bond donors (Lipinski definition) is 1. The van der Waals surface area contributed by atoms with E-state index in [1.54, 1.807) is 0 Å². The molecule has 0 radical (unpaired) electrons. The van der Waals surface area contributed by atoms with E-state index in [0.29, 0.717) is 26.2 Å². The highest BCUT2D eigenvalue weighted by atomic mass is 16.5. The standard InChI is InChI=1S/C12H22N2O3/c1-3-13-11(15)9-14-7-5-6-10(8-14)12(16)17-4-2/h10H,3-9H2,1-2H3,(H,13,15)/t10-/m0/s1. The first kappa shape index (κ1) is 14.0. The summed E-state index contributed by atoms with van der Waals surface area (Å²) >= 11 is 0. The third kappa shape index (κ3) is 4.73. The minimum absolute atomic E-state index is 0.0250.